The van der Waals surface area contributed by atoms with Crippen LogP contribution in [-0.2, 0) is 0 Å². The molecule has 0 spiro atoms. The molecule has 144 valence electrons. The first-order valence-corrected chi connectivity index (χ1v) is 10.7. The molecule has 0 radical (unpaired) electrons. The van der Waals surface area contributed by atoms with Gasteiger partial charge in [0.1, 0.15) is 0 Å². The van der Waals surface area contributed by atoms with Gasteiger partial charge in [-0.05, 0) is 42.6 Å². The molecule has 2 aromatic heterocycles. The Morgan fingerprint density at radius 1 is 1.21 bits per heavy atom. The summed E-state index contributed by atoms with van der Waals surface area (Å²) in [6, 6.07) is 14.1. The number of nitrogens with one attached hydrogen (secondary N) is 1. The largest absolute Gasteiger partial charge is 0.351 e. The maximum absolute atomic E-state index is 5.72. The molecule has 0 fully saturated rings. The average molecular weight is 411 g/mol. The maximum Gasteiger partial charge on any atom is 0.258 e. The summed E-state index contributed by atoms with van der Waals surface area (Å²) in [5.74, 6) is 1.15. The quantitative estimate of drug-likeness (QED) is 0.560. The molecule has 0 aliphatic carbocycles. The minimum Gasteiger partial charge on any atom is -0.351 e. The number of thiophene rings is 1. The Balaban J connectivity index is 1.79. The van der Waals surface area contributed by atoms with Gasteiger partial charge in [-0.3, -0.25) is 0 Å². The van der Waals surface area contributed by atoms with E-state index < -0.39 is 0 Å². The summed E-state index contributed by atoms with van der Waals surface area (Å²) in [5, 5.41) is 10.4. The first-order chi connectivity index (χ1) is 13.7. The van der Waals surface area contributed by atoms with Crippen LogP contribution in [0.5, 0.6) is 0 Å². The van der Waals surface area contributed by atoms with E-state index in [0.717, 1.165) is 46.2 Å². The van der Waals surface area contributed by atoms with E-state index in [1.54, 1.807) is 11.3 Å². The van der Waals surface area contributed by atoms with Crippen LogP contribution in [0, 0.1) is 0 Å². The van der Waals surface area contributed by atoms with Crippen molar-refractivity contribution in [3.05, 3.63) is 65.0 Å². The maximum atomic E-state index is 5.72. The third-order valence-corrected chi connectivity index (χ3v) is 6.07. The van der Waals surface area contributed by atoms with Crippen LogP contribution in [-0.4, -0.2) is 26.7 Å². The fourth-order valence-corrected chi connectivity index (χ4v) is 4.37. The molecule has 28 heavy (non-hydrogen) atoms. The Kier molecular flexibility index (Phi) is 5.54. The van der Waals surface area contributed by atoms with Gasteiger partial charge in [0.15, 0.2) is 5.11 Å². The van der Waals surface area contributed by atoms with Crippen LogP contribution in [0.2, 0.25) is 0 Å². The van der Waals surface area contributed by atoms with E-state index >= 15 is 0 Å². The smallest absolute Gasteiger partial charge is 0.258 e. The highest BCUT2D eigenvalue weighted by Crippen LogP contribution is 2.37. The second-order valence-electron chi connectivity index (χ2n) is 6.70. The highest BCUT2D eigenvalue weighted by molar-refractivity contribution is 7.80. The van der Waals surface area contributed by atoms with Crippen molar-refractivity contribution in [1.29, 1.82) is 0 Å². The minimum absolute atomic E-state index is 0.122. The normalized spacial score (nSPS) is 17.1. The van der Waals surface area contributed by atoms with E-state index in [9.17, 15) is 0 Å². The highest BCUT2D eigenvalue weighted by atomic mass is 32.1. The van der Waals surface area contributed by atoms with Gasteiger partial charge in [-0.25, -0.2) is 0 Å². The molecule has 3 aromatic rings. The molecular formula is C21H22N4OS2. The molecule has 1 aliphatic rings. The monoisotopic (exact) mass is 410 g/mol. The molecular weight excluding hydrogens is 388 g/mol. The van der Waals surface area contributed by atoms with Gasteiger partial charge < -0.3 is 14.7 Å². The Labute approximate surface area is 174 Å². The van der Waals surface area contributed by atoms with Crippen molar-refractivity contribution in [3.8, 4) is 10.7 Å². The van der Waals surface area contributed by atoms with Gasteiger partial charge in [0.2, 0.25) is 5.82 Å². The summed E-state index contributed by atoms with van der Waals surface area (Å²) in [5.41, 5.74) is 3.16. The van der Waals surface area contributed by atoms with E-state index in [0.29, 0.717) is 11.7 Å². The van der Waals surface area contributed by atoms with Crippen molar-refractivity contribution in [2.45, 2.75) is 32.7 Å². The lowest BCUT2D eigenvalue weighted by Crippen LogP contribution is -2.46. The predicted molar refractivity (Wildman–Crippen MR) is 117 cm³/mol. The molecule has 1 atom stereocenters. The SMILES string of the molecule is CCCCN1C(=S)NC(c2ccccc2)C(c2nc(-c3cccs3)no2)=C1C. The van der Waals surface area contributed by atoms with Gasteiger partial charge in [-0.1, -0.05) is 54.9 Å². The van der Waals surface area contributed by atoms with Crippen molar-refractivity contribution in [2.24, 2.45) is 0 Å². The predicted octanol–water partition coefficient (Wildman–Crippen LogP) is 5.26. The topological polar surface area (TPSA) is 54.2 Å². The van der Waals surface area contributed by atoms with Crippen LogP contribution in [0.25, 0.3) is 16.3 Å². The van der Waals surface area contributed by atoms with E-state index in [4.69, 9.17) is 21.7 Å². The van der Waals surface area contributed by atoms with Gasteiger partial charge in [0.05, 0.1) is 16.5 Å². The van der Waals surface area contributed by atoms with Crippen molar-refractivity contribution in [3.63, 3.8) is 0 Å². The Morgan fingerprint density at radius 3 is 2.75 bits per heavy atom. The number of aromatic nitrogens is 2. The molecule has 3 heterocycles. The minimum atomic E-state index is -0.122. The Hall–Kier alpha value is -2.51. The highest BCUT2D eigenvalue weighted by Gasteiger charge is 2.33. The number of rotatable bonds is 6. The van der Waals surface area contributed by atoms with Crippen molar-refractivity contribution in [1.82, 2.24) is 20.4 Å². The zero-order valence-electron chi connectivity index (χ0n) is 15.9. The second kappa shape index (κ2) is 8.24. The standard InChI is InChI=1S/C21H22N4OS2/c1-3-4-12-25-14(2)17(18(22-21(25)27)15-9-6-5-7-10-15)20-23-19(24-26-20)16-11-8-13-28-16/h5-11,13,18H,3-4,12H2,1-2H3,(H,22,27). The number of allylic oxidation sites excluding steroid dienone is 1. The number of unbranched alkanes of at least 4 members (excludes halogenated alkanes) is 1. The van der Waals surface area contributed by atoms with Crippen molar-refractivity contribution >= 4 is 34.2 Å². The van der Waals surface area contributed by atoms with Gasteiger partial charge in [-0.2, -0.15) is 4.98 Å². The number of hydrogen-bond donors (Lipinski definition) is 1. The van der Waals surface area contributed by atoms with Crippen LogP contribution in [0.4, 0.5) is 0 Å². The zero-order valence-corrected chi connectivity index (χ0v) is 17.5. The molecule has 1 unspecified atom stereocenters. The van der Waals surface area contributed by atoms with Crippen LogP contribution in [0.1, 0.15) is 44.2 Å². The van der Waals surface area contributed by atoms with Gasteiger partial charge in [0.25, 0.3) is 5.89 Å². The number of nitrogens with zero attached hydrogens (tertiary/aromatic N) is 3. The van der Waals surface area contributed by atoms with E-state index in [2.05, 4.69) is 41.4 Å². The summed E-state index contributed by atoms with van der Waals surface area (Å²) in [6.07, 6.45) is 2.17. The Bertz CT molecular complexity index is 979. The van der Waals surface area contributed by atoms with Gasteiger partial charge >= 0.3 is 0 Å². The zero-order chi connectivity index (χ0) is 19.5. The molecule has 0 amide bonds. The van der Waals surface area contributed by atoms with Crippen molar-refractivity contribution < 1.29 is 4.52 Å². The lowest BCUT2D eigenvalue weighted by atomic mass is 9.95. The lowest BCUT2D eigenvalue weighted by molar-refractivity contribution is 0.395. The van der Waals surface area contributed by atoms with Crippen molar-refractivity contribution in [2.75, 3.05) is 6.54 Å². The van der Waals surface area contributed by atoms with E-state index in [1.807, 2.05) is 35.7 Å². The third kappa shape index (κ3) is 3.59. The van der Waals surface area contributed by atoms with Gasteiger partial charge in [0, 0.05) is 12.2 Å². The second-order valence-corrected chi connectivity index (χ2v) is 8.03. The van der Waals surface area contributed by atoms with Crippen LogP contribution in [0.3, 0.4) is 0 Å². The summed E-state index contributed by atoms with van der Waals surface area (Å²) in [6.45, 7) is 5.13. The van der Waals surface area contributed by atoms with Crippen LogP contribution < -0.4 is 5.32 Å². The summed E-state index contributed by atoms with van der Waals surface area (Å²) >= 11 is 7.28. The number of thiocarbonyl (C=S) groups is 1. The molecule has 0 bridgehead atoms. The summed E-state index contributed by atoms with van der Waals surface area (Å²) in [4.78, 5) is 7.84. The molecule has 1 aromatic carbocycles. The number of benzene rings is 1. The molecule has 4 rings (SSSR count). The summed E-state index contributed by atoms with van der Waals surface area (Å²) < 4.78 is 5.72. The fourth-order valence-electron chi connectivity index (χ4n) is 3.38. The Morgan fingerprint density at radius 2 is 2.04 bits per heavy atom. The average Bonchev–Trinajstić information content (AvgIpc) is 3.40. The first-order valence-electron chi connectivity index (χ1n) is 9.40. The third-order valence-electron chi connectivity index (χ3n) is 4.86. The lowest BCUT2D eigenvalue weighted by Gasteiger charge is -2.37. The van der Waals surface area contributed by atoms with Crippen LogP contribution >= 0.6 is 23.6 Å². The van der Waals surface area contributed by atoms with E-state index in [1.165, 1.54) is 0 Å². The molecule has 1 N–H and O–H groups in total. The molecule has 0 saturated heterocycles. The molecule has 1 aliphatic heterocycles. The summed E-state index contributed by atoms with van der Waals surface area (Å²) in [7, 11) is 0. The first kappa shape index (κ1) is 18.8. The molecule has 5 nitrogen and oxygen atoms in total. The fraction of sp³-hybridized carbons (Fsp3) is 0.286. The van der Waals surface area contributed by atoms with Gasteiger partial charge in [-0.15, -0.1) is 11.3 Å². The molecule has 0 saturated carbocycles. The number of hydrogen-bond acceptors (Lipinski definition) is 5. The molecule has 7 heteroatoms. The van der Waals surface area contributed by atoms with E-state index in [-0.39, 0.29) is 6.04 Å². The van der Waals surface area contributed by atoms with Crippen LogP contribution in [0.15, 0.2) is 58.1 Å².